The summed E-state index contributed by atoms with van der Waals surface area (Å²) >= 11 is 1.000. The standard InChI is InChI=1S/C16H14FN3O2S2/c17-12-6-4-11(5-7-12)10-20(13-8-9-13)24(21,22)15-3-1-2-14-16(15)19-23-18-14/h1-7,13H,8-10H2. The van der Waals surface area contributed by atoms with Crippen LogP contribution in [0.15, 0.2) is 47.4 Å². The van der Waals surface area contributed by atoms with Gasteiger partial charge in [0.2, 0.25) is 10.0 Å². The smallest absolute Gasteiger partial charge is 0.207 e. The second-order valence-corrected chi connectivity index (χ2v) is 8.18. The Hall–Kier alpha value is -1.90. The van der Waals surface area contributed by atoms with Crippen LogP contribution in [0.5, 0.6) is 0 Å². The summed E-state index contributed by atoms with van der Waals surface area (Å²) < 4.78 is 49.2. The van der Waals surface area contributed by atoms with Crippen molar-refractivity contribution in [2.45, 2.75) is 30.3 Å². The third-order valence-corrected chi connectivity index (χ3v) is 6.51. The molecule has 0 bridgehead atoms. The van der Waals surface area contributed by atoms with Crippen LogP contribution < -0.4 is 0 Å². The van der Waals surface area contributed by atoms with Gasteiger partial charge in [-0.2, -0.15) is 13.1 Å². The SMILES string of the molecule is O=S(=O)(c1cccc2nsnc12)N(Cc1ccc(F)cc1)C1CC1. The lowest BCUT2D eigenvalue weighted by Gasteiger charge is -2.22. The van der Waals surface area contributed by atoms with Crippen molar-refractivity contribution in [3.8, 4) is 0 Å². The summed E-state index contributed by atoms with van der Waals surface area (Å²) in [6.07, 6.45) is 1.68. The molecule has 0 aliphatic heterocycles. The lowest BCUT2D eigenvalue weighted by Crippen LogP contribution is -2.32. The van der Waals surface area contributed by atoms with Crippen LogP contribution in [-0.4, -0.2) is 27.5 Å². The molecule has 1 aliphatic carbocycles. The van der Waals surface area contributed by atoms with Crippen molar-refractivity contribution in [3.63, 3.8) is 0 Å². The van der Waals surface area contributed by atoms with Gasteiger partial charge in [-0.25, -0.2) is 12.8 Å². The van der Waals surface area contributed by atoms with E-state index in [4.69, 9.17) is 0 Å². The van der Waals surface area contributed by atoms with E-state index in [1.165, 1.54) is 16.4 Å². The van der Waals surface area contributed by atoms with Crippen molar-refractivity contribution in [1.29, 1.82) is 0 Å². The van der Waals surface area contributed by atoms with E-state index in [0.717, 1.165) is 30.1 Å². The fourth-order valence-electron chi connectivity index (χ4n) is 2.66. The highest BCUT2D eigenvalue weighted by Crippen LogP contribution is 2.35. The Balaban J connectivity index is 1.74. The number of aromatic nitrogens is 2. The molecule has 24 heavy (non-hydrogen) atoms. The highest BCUT2D eigenvalue weighted by atomic mass is 32.2. The normalized spacial score (nSPS) is 15.2. The summed E-state index contributed by atoms with van der Waals surface area (Å²) in [6, 6.07) is 10.9. The molecule has 1 fully saturated rings. The minimum atomic E-state index is -3.70. The Labute approximate surface area is 143 Å². The Morgan fingerprint density at radius 3 is 2.58 bits per heavy atom. The maximum atomic E-state index is 13.2. The number of nitrogens with zero attached hydrogens (tertiary/aromatic N) is 3. The minimum Gasteiger partial charge on any atom is -0.207 e. The maximum Gasteiger partial charge on any atom is 0.245 e. The first-order valence-electron chi connectivity index (χ1n) is 7.53. The van der Waals surface area contributed by atoms with E-state index in [2.05, 4.69) is 8.75 Å². The van der Waals surface area contributed by atoms with E-state index >= 15 is 0 Å². The first kappa shape index (κ1) is 15.6. The molecule has 0 radical (unpaired) electrons. The second-order valence-electron chi connectivity index (χ2n) is 5.80. The molecule has 3 aromatic rings. The van der Waals surface area contributed by atoms with Crippen molar-refractivity contribution >= 4 is 32.8 Å². The summed E-state index contributed by atoms with van der Waals surface area (Å²) in [5, 5.41) is 0. The molecule has 8 heteroatoms. The number of halogens is 1. The van der Waals surface area contributed by atoms with Crippen molar-refractivity contribution in [2.75, 3.05) is 0 Å². The third kappa shape index (κ3) is 2.81. The molecule has 5 nitrogen and oxygen atoms in total. The number of sulfonamides is 1. The molecule has 4 rings (SSSR count). The van der Waals surface area contributed by atoms with Crippen LogP contribution in [0.1, 0.15) is 18.4 Å². The topological polar surface area (TPSA) is 63.2 Å². The fourth-order valence-corrected chi connectivity index (χ4v) is 5.09. The Morgan fingerprint density at radius 2 is 1.88 bits per heavy atom. The Bertz CT molecular complexity index is 982. The van der Waals surface area contributed by atoms with Crippen LogP contribution in [0.2, 0.25) is 0 Å². The van der Waals surface area contributed by atoms with Crippen molar-refractivity contribution in [2.24, 2.45) is 0 Å². The highest BCUT2D eigenvalue weighted by Gasteiger charge is 2.39. The van der Waals surface area contributed by atoms with Crippen LogP contribution in [0.4, 0.5) is 4.39 Å². The molecular formula is C16H14FN3O2S2. The highest BCUT2D eigenvalue weighted by molar-refractivity contribution is 7.89. The van der Waals surface area contributed by atoms with Crippen LogP contribution in [0, 0.1) is 5.82 Å². The lowest BCUT2D eigenvalue weighted by atomic mass is 10.2. The predicted molar refractivity (Wildman–Crippen MR) is 89.6 cm³/mol. The monoisotopic (exact) mass is 363 g/mol. The molecule has 1 heterocycles. The molecule has 1 aliphatic rings. The van der Waals surface area contributed by atoms with Crippen molar-refractivity contribution in [1.82, 2.24) is 13.1 Å². The largest absolute Gasteiger partial charge is 0.245 e. The van der Waals surface area contributed by atoms with E-state index < -0.39 is 10.0 Å². The van der Waals surface area contributed by atoms with Gasteiger partial charge in [0, 0.05) is 12.6 Å². The average Bonchev–Trinajstić information content (AvgIpc) is 3.29. The molecule has 0 atom stereocenters. The zero-order valence-electron chi connectivity index (χ0n) is 12.6. The van der Waals surface area contributed by atoms with E-state index in [0.29, 0.717) is 11.0 Å². The molecule has 1 aromatic heterocycles. The Kier molecular flexibility index (Phi) is 3.82. The molecule has 124 valence electrons. The molecule has 0 amide bonds. The van der Waals surface area contributed by atoms with Gasteiger partial charge >= 0.3 is 0 Å². The number of fused-ring (bicyclic) bond motifs is 1. The number of rotatable bonds is 5. The average molecular weight is 363 g/mol. The van der Waals surface area contributed by atoms with E-state index in [9.17, 15) is 12.8 Å². The van der Waals surface area contributed by atoms with Gasteiger partial charge in [-0.3, -0.25) is 0 Å². The summed E-state index contributed by atoms with van der Waals surface area (Å²) in [6.45, 7) is 0.223. The molecule has 2 aromatic carbocycles. The van der Waals surface area contributed by atoms with E-state index in [1.54, 1.807) is 30.3 Å². The van der Waals surface area contributed by atoms with E-state index in [-0.39, 0.29) is 23.3 Å². The maximum absolute atomic E-state index is 13.2. The van der Waals surface area contributed by atoms with Gasteiger partial charge in [0.25, 0.3) is 0 Å². The third-order valence-electron chi connectivity index (χ3n) is 4.04. The first-order valence-corrected chi connectivity index (χ1v) is 9.70. The zero-order chi connectivity index (χ0) is 16.7. The molecule has 0 saturated heterocycles. The molecule has 0 spiro atoms. The minimum absolute atomic E-state index is 0.0121. The van der Waals surface area contributed by atoms with Gasteiger partial charge in [-0.1, -0.05) is 18.2 Å². The number of hydrogen-bond acceptors (Lipinski definition) is 5. The summed E-state index contributed by atoms with van der Waals surface area (Å²) in [5.74, 6) is -0.335. The summed E-state index contributed by atoms with van der Waals surface area (Å²) in [5.41, 5.74) is 1.75. The zero-order valence-corrected chi connectivity index (χ0v) is 14.2. The van der Waals surface area contributed by atoms with Gasteiger partial charge in [0.05, 0.1) is 11.7 Å². The van der Waals surface area contributed by atoms with Gasteiger partial charge in [0.1, 0.15) is 21.7 Å². The van der Waals surface area contributed by atoms with Gasteiger partial charge in [0.15, 0.2) is 0 Å². The predicted octanol–water partition coefficient (Wildman–Crippen LogP) is 3.18. The van der Waals surface area contributed by atoms with Gasteiger partial charge in [-0.15, -0.1) is 0 Å². The quantitative estimate of drug-likeness (QED) is 0.698. The molecular weight excluding hydrogens is 349 g/mol. The van der Waals surface area contributed by atoms with Crippen LogP contribution in [-0.2, 0) is 16.6 Å². The Morgan fingerprint density at radius 1 is 1.12 bits per heavy atom. The van der Waals surface area contributed by atoms with Gasteiger partial charge in [-0.05, 0) is 42.7 Å². The van der Waals surface area contributed by atoms with Gasteiger partial charge < -0.3 is 0 Å². The summed E-state index contributed by atoms with van der Waals surface area (Å²) in [7, 11) is -3.70. The lowest BCUT2D eigenvalue weighted by molar-refractivity contribution is 0.399. The number of hydrogen-bond donors (Lipinski definition) is 0. The molecule has 1 saturated carbocycles. The van der Waals surface area contributed by atoms with Crippen LogP contribution in [0.3, 0.4) is 0 Å². The summed E-state index contributed by atoms with van der Waals surface area (Å²) in [4.78, 5) is 0.183. The van der Waals surface area contributed by atoms with Crippen molar-refractivity contribution < 1.29 is 12.8 Å². The van der Waals surface area contributed by atoms with Crippen LogP contribution >= 0.6 is 11.7 Å². The van der Waals surface area contributed by atoms with Crippen molar-refractivity contribution in [3.05, 3.63) is 53.8 Å². The fraction of sp³-hybridized carbons (Fsp3) is 0.250. The number of benzene rings is 2. The molecule has 0 N–H and O–H groups in total. The van der Waals surface area contributed by atoms with Crippen LogP contribution in [0.25, 0.3) is 11.0 Å². The molecule has 0 unspecified atom stereocenters. The second kappa shape index (κ2) is 5.87. The van der Waals surface area contributed by atoms with E-state index in [1.807, 2.05) is 0 Å². The first-order chi connectivity index (χ1) is 11.6.